The quantitative estimate of drug-likeness (QED) is 0.827. The van der Waals surface area contributed by atoms with Gasteiger partial charge in [-0.05, 0) is 37.3 Å². The highest BCUT2D eigenvalue weighted by molar-refractivity contribution is 6.32. The molecule has 0 bridgehead atoms. The second-order valence-electron chi connectivity index (χ2n) is 5.67. The van der Waals surface area contributed by atoms with Gasteiger partial charge in [0.2, 0.25) is 11.8 Å². The van der Waals surface area contributed by atoms with E-state index in [1.165, 1.54) is 0 Å². The lowest BCUT2D eigenvalue weighted by Crippen LogP contribution is -2.60. The van der Waals surface area contributed by atoms with Gasteiger partial charge in [-0.1, -0.05) is 17.7 Å². The maximum absolute atomic E-state index is 12.0. The number of fused-ring (bicyclic) bond motifs is 1. The van der Waals surface area contributed by atoms with Crippen LogP contribution in [-0.2, 0) is 9.59 Å². The average molecular weight is 309 g/mol. The van der Waals surface area contributed by atoms with Crippen molar-refractivity contribution in [2.75, 3.05) is 13.1 Å². The highest BCUT2D eigenvalue weighted by Crippen LogP contribution is 2.41. The van der Waals surface area contributed by atoms with E-state index in [0.717, 1.165) is 5.56 Å². The fourth-order valence-electron chi connectivity index (χ4n) is 3.24. The molecule has 2 fully saturated rings. The molecule has 2 heterocycles. The van der Waals surface area contributed by atoms with Crippen LogP contribution < -0.4 is 5.32 Å². The fraction of sp³-hybridized carbons (Fsp3) is 0.467. The molecule has 2 N–H and O–H groups in total. The Kier molecular flexibility index (Phi) is 3.53. The molecule has 2 saturated heterocycles. The Labute approximate surface area is 127 Å². The largest absolute Gasteiger partial charge is 0.508 e. The first-order chi connectivity index (χ1) is 9.99. The lowest BCUT2D eigenvalue weighted by molar-refractivity contribution is -0.147. The second kappa shape index (κ2) is 5.22. The molecule has 5 nitrogen and oxygen atoms in total. The van der Waals surface area contributed by atoms with Gasteiger partial charge < -0.3 is 15.3 Å². The number of rotatable bonds is 1. The van der Waals surface area contributed by atoms with Gasteiger partial charge in [-0.3, -0.25) is 9.59 Å². The van der Waals surface area contributed by atoms with Crippen LogP contribution in [0.15, 0.2) is 12.1 Å². The van der Waals surface area contributed by atoms with Gasteiger partial charge in [-0.15, -0.1) is 0 Å². The lowest BCUT2D eigenvalue weighted by atomic mass is 9.83. The van der Waals surface area contributed by atoms with E-state index in [-0.39, 0.29) is 30.0 Å². The van der Waals surface area contributed by atoms with Crippen LogP contribution in [0.25, 0.3) is 0 Å². The first kappa shape index (κ1) is 14.2. The third-order valence-corrected chi connectivity index (χ3v) is 4.90. The van der Waals surface area contributed by atoms with Crippen LogP contribution >= 0.6 is 11.6 Å². The van der Waals surface area contributed by atoms with Crippen LogP contribution in [0.2, 0.25) is 5.02 Å². The third kappa shape index (κ3) is 2.35. The molecule has 112 valence electrons. The number of aromatic hydroxyl groups is 1. The maximum Gasteiger partial charge on any atom is 0.243 e. The molecule has 6 heteroatoms. The van der Waals surface area contributed by atoms with Gasteiger partial charge in [0.1, 0.15) is 11.8 Å². The first-order valence-corrected chi connectivity index (χ1v) is 7.42. The summed E-state index contributed by atoms with van der Waals surface area (Å²) in [7, 11) is 0. The molecule has 0 spiro atoms. The topological polar surface area (TPSA) is 69.6 Å². The molecular formula is C15H17ClN2O3. The maximum atomic E-state index is 12.0. The van der Waals surface area contributed by atoms with Crippen molar-refractivity contribution in [2.45, 2.75) is 31.7 Å². The molecule has 2 aliphatic rings. The monoisotopic (exact) mass is 308 g/mol. The number of hydrogen-bond acceptors (Lipinski definition) is 3. The summed E-state index contributed by atoms with van der Waals surface area (Å²) >= 11 is 6.33. The van der Waals surface area contributed by atoms with E-state index >= 15 is 0 Å². The number of phenolic OH excluding ortho intramolecular Hbond substituents is 1. The van der Waals surface area contributed by atoms with Crippen molar-refractivity contribution in [1.82, 2.24) is 10.2 Å². The molecule has 2 aliphatic heterocycles. The van der Waals surface area contributed by atoms with E-state index in [2.05, 4.69) is 5.32 Å². The summed E-state index contributed by atoms with van der Waals surface area (Å²) < 4.78 is 0. The predicted molar refractivity (Wildman–Crippen MR) is 78.3 cm³/mol. The number of nitrogens with one attached hydrogen (secondary N) is 1. The van der Waals surface area contributed by atoms with Gasteiger partial charge in [0.05, 0.1) is 11.6 Å². The Balaban J connectivity index is 1.91. The van der Waals surface area contributed by atoms with Crippen molar-refractivity contribution in [3.8, 4) is 5.75 Å². The molecule has 3 rings (SSSR count). The predicted octanol–water partition coefficient (Wildman–Crippen LogP) is 1.56. The summed E-state index contributed by atoms with van der Waals surface area (Å²) in [5.41, 5.74) is 1.60. The van der Waals surface area contributed by atoms with Crippen molar-refractivity contribution < 1.29 is 14.7 Å². The summed E-state index contributed by atoms with van der Waals surface area (Å²) in [6.07, 6.45) is 1.19. The van der Waals surface area contributed by atoms with Crippen LogP contribution in [0.3, 0.4) is 0 Å². The summed E-state index contributed by atoms with van der Waals surface area (Å²) in [4.78, 5) is 25.5. The van der Waals surface area contributed by atoms with Gasteiger partial charge in [0.15, 0.2) is 0 Å². The van der Waals surface area contributed by atoms with E-state index in [9.17, 15) is 14.7 Å². The summed E-state index contributed by atoms with van der Waals surface area (Å²) in [6.45, 7) is 2.49. The summed E-state index contributed by atoms with van der Waals surface area (Å²) in [6, 6.07) is 2.95. The number of amides is 2. The molecule has 21 heavy (non-hydrogen) atoms. The zero-order chi connectivity index (χ0) is 15.1. The molecule has 0 aliphatic carbocycles. The number of carbonyl (C=O) groups is 2. The highest BCUT2D eigenvalue weighted by atomic mass is 35.5. The number of hydrogen-bond donors (Lipinski definition) is 2. The highest BCUT2D eigenvalue weighted by Gasteiger charge is 2.40. The molecule has 1 aromatic rings. The smallest absolute Gasteiger partial charge is 0.243 e. The van der Waals surface area contributed by atoms with Crippen molar-refractivity contribution in [2.24, 2.45) is 0 Å². The van der Waals surface area contributed by atoms with Crippen molar-refractivity contribution in [3.05, 3.63) is 28.3 Å². The van der Waals surface area contributed by atoms with Gasteiger partial charge in [-0.25, -0.2) is 0 Å². The molecular weight excluding hydrogens is 292 g/mol. The van der Waals surface area contributed by atoms with E-state index < -0.39 is 6.04 Å². The first-order valence-electron chi connectivity index (χ1n) is 7.04. The Bertz CT molecular complexity index is 617. The van der Waals surface area contributed by atoms with Gasteiger partial charge >= 0.3 is 0 Å². The third-order valence-electron chi connectivity index (χ3n) is 4.40. The number of nitrogens with zero attached hydrogens (tertiary/aromatic N) is 1. The number of halogens is 1. The lowest BCUT2D eigenvalue weighted by Gasteiger charge is -2.41. The summed E-state index contributed by atoms with van der Waals surface area (Å²) in [5, 5.41) is 13.3. The van der Waals surface area contributed by atoms with Gasteiger partial charge in [-0.2, -0.15) is 0 Å². The zero-order valence-corrected chi connectivity index (χ0v) is 12.5. The molecule has 0 saturated carbocycles. The Morgan fingerprint density at radius 1 is 1.38 bits per heavy atom. The molecule has 2 atom stereocenters. The Hall–Kier alpha value is -1.75. The summed E-state index contributed by atoms with van der Waals surface area (Å²) in [5.74, 6) is -0.0259. The minimum absolute atomic E-state index is 0.0182. The molecule has 2 amide bonds. The minimum atomic E-state index is -0.457. The Morgan fingerprint density at radius 3 is 2.90 bits per heavy atom. The molecule has 0 aromatic heterocycles. The van der Waals surface area contributed by atoms with Crippen molar-refractivity contribution in [3.63, 3.8) is 0 Å². The van der Waals surface area contributed by atoms with Crippen molar-refractivity contribution >= 4 is 23.4 Å². The van der Waals surface area contributed by atoms with E-state index in [1.807, 2.05) is 6.92 Å². The number of benzene rings is 1. The fourth-order valence-corrected chi connectivity index (χ4v) is 3.55. The van der Waals surface area contributed by atoms with Gasteiger partial charge in [0.25, 0.3) is 0 Å². The molecule has 2 unspecified atom stereocenters. The van der Waals surface area contributed by atoms with E-state index in [4.69, 9.17) is 11.6 Å². The Morgan fingerprint density at radius 2 is 2.14 bits per heavy atom. The normalized spacial score (nSPS) is 25.5. The second-order valence-corrected chi connectivity index (χ2v) is 6.05. The number of carbonyl (C=O) groups excluding carboxylic acids is 2. The van der Waals surface area contributed by atoms with Gasteiger partial charge in [0, 0.05) is 12.1 Å². The standard InChI is InChI=1S/C15H17ClN2O3/c1-8-2-3-11(19)13(14(8)16)9-4-5-18-10(6-9)15(21)17-7-12(18)20/h2-3,9-10,19H,4-7H2,1H3,(H,17,21). The number of phenols is 1. The van der Waals surface area contributed by atoms with Crippen LogP contribution in [0.5, 0.6) is 5.75 Å². The van der Waals surface area contributed by atoms with Crippen molar-refractivity contribution in [1.29, 1.82) is 0 Å². The number of piperazine rings is 1. The van der Waals surface area contributed by atoms with Crippen LogP contribution in [-0.4, -0.2) is 41.0 Å². The number of piperidine rings is 1. The SMILES string of the molecule is Cc1ccc(O)c(C2CCN3C(=O)CNC(=O)C3C2)c1Cl. The molecule has 1 aromatic carbocycles. The zero-order valence-electron chi connectivity index (χ0n) is 11.7. The van der Waals surface area contributed by atoms with E-state index in [0.29, 0.717) is 30.0 Å². The van der Waals surface area contributed by atoms with Crippen LogP contribution in [0.1, 0.15) is 29.9 Å². The average Bonchev–Trinajstić information content (AvgIpc) is 2.47. The van der Waals surface area contributed by atoms with E-state index in [1.54, 1.807) is 17.0 Å². The van der Waals surface area contributed by atoms with Crippen LogP contribution in [0.4, 0.5) is 0 Å². The molecule has 0 radical (unpaired) electrons. The minimum Gasteiger partial charge on any atom is -0.508 e. The van der Waals surface area contributed by atoms with Crippen LogP contribution in [0, 0.1) is 6.92 Å². The number of aryl methyl sites for hydroxylation is 1.